The highest BCUT2D eigenvalue weighted by Gasteiger charge is 2.37. The van der Waals surface area contributed by atoms with E-state index >= 15 is 0 Å². The number of carbonyl (C=O) groups is 3. The predicted octanol–water partition coefficient (Wildman–Crippen LogP) is 3.36. The minimum atomic E-state index is -1.17. The average molecular weight is 363 g/mol. The molecule has 0 aliphatic carbocycles. The van der Waals surface area contributed by atoms with Gasteiger partial charge in [0.15, 0.2) is 0 Å². The van der Waals surface area contributed by atoms with Crippen LogP contribution in [0.1, 0.15) is 37.0 Å². The Hall–Kier alpha value is -3.87. The lowest BCUT2D eigenvalue weighted by molar-refractivity contribution is 0.0657. The Morgan fingerprint density at radius 3 is 2.19 bits per heavy atom. The van der Waals surface area contributed by atoms with Gasteiger partial charge in [0.25, 0.3) is 11.8 Å². The molecule has 2 amide bonds. The topological polar surface area (TPSA) is 97.0 Å². The molecular weight excluding hydrogens is 350 g/mol. The number of carboxylic acids is 1. The second kappa shape index (κ2) is 6.45. The van der Waals surface area contributed by atoms with Crippen LogP contribution < -0.4 is 9.64 Å². The van der Waals surface area contributed by atoms with Crippen LogP contribution in [-0.2, 0) is 6.61 Å². The molecular formula is C20H13NO6. The summed E-state index contributed by atoms with van der Waals surface area (Å²) < 4.78 is 10.8. The highest BCUT2D eigenvalue weighted by molar-refractivity contribution is 6.34. The lowest BCUT2D eigenvalue weighted by atomic mass is 10.1. The molecule has 27 heavy (non-hydrogen) atoms. The van der Waals surface area contributed by atoms with Gasteiger partial charge in [-0.3, -0.25) is 9.59 Å². The summed E-state index contributed by atoms with van der Waals surface area (Å²) in [6.07, 6.45) is 0. The lowest BCUT2D eigenvalue weighted by Crippen LogP contribution is -2.29. The van der Waals surface area contributed by atoms with Crippen LogP contribution in [0.2, 0.25) is 0 Å². The second-order valence-corrected chi connectivity index (χ2v) is 5.82. The zero-order valence-electron chi connectivity index (χ0n) is 13.9. The number of furan rings is 1. The van der Waals surface area contributed by atoms with E-state index in [-0.39, 0.29) is 12.4 Å². The number of amides is 2. The number of benzene rings is 2. The fraction of sp³-hybridized carbons (Fsp3) is 0.0500. The normalized spacial score (nSPS) is 13.0. The Balaban J connectivity index is 1.61. The van der Waals surface area contributed by atoms with Gasteiger partial charge >= 0.3 is 5.97 Å². The van der Waals surface area contributed by atoms with Crippen LogP contribution in [-0.4, -0.2) is 22.9 Å². The maximum absolute atomic E-state index is 12.7. The first-order valence-electron chi connectivity index (χ1n) is 8.08. The number of aromatic carboxylic acids is 1. The first-order chi connectivity index (χ1) is 13.1. The summed E-state index contributed by atoms with van der Waals surface area (Å²) in [5, 5.41) is 8.90. The molecule has 0 spiro atoms. The molecule has 1 N–H and O–H groups in total. The maximum Gasteiger partial charge on any atom is 0.371 e. The molecule has 0 unspecified atom stereocenters. The number of nitrogens with zero attached hydrogens (tertiary/aromatic N) is 1. The van der Waals surface area contributed by atoms with Crippen molar-refractivity contribution in [2.75, 3.05) is 4.90 Å². The summed E-state index contributed by atoms with van der Waals surface area (Å²) in [5.41, 5.74) is 0.998. The molecule has 0 fully saturated rings. The third-order valence-corrected chi connectivity index (χ3v) is 4.14. The van der Waals surface area contributed by atoms with Crippen molar-refractivity contribution >= 4 is 23.5 Å². The summed E-state index contributed by atoms with van der Waals surface area (Å²) in [5.74, 6) is -1.59. The lowest BCUT2D eigenvalue weighted by Gasteiger charge is -2.18. The Kier molecular flexibility index (Phi) is 3.97. The zero-order valence-corrected chi connectivity index (χ0v) is 13.9. The van der Waals surface area contributed by atoms with Crippen molar-refractivity contribution in [2.45, 2.75) is 6.61 Å². The molecule has 134 valence electrons. The largest absolute Gasteiger partial charge is 0.483 e. The summed E-state index contributed by atoms with van der Waals surface area (Å²) in [6, 6.07) is 16.1. The third-order valence-electron chi connectivity index (χ3n) is 4.14. The highest BCUT2D eigenvalue weighted by Crippen LogP contribution is 2.35. The summed E-state index contributed by atoms with van der Waals surface area (Å²) in [7, 11) is 0. The fourth-order valence-corrected chi connectivity index (χ4v) is 2.89. The Bertz CT molecular complexity index is 1030. The van der Waals surface area contributed by atoms with Crippen LogP contribution in [0, 0.1) is 0 Å². The first-order valence-corrected chi connectivity index (χ1v) is 8.08. The van der Waals surface area contributed by atoms with E-state index in [1.165, 1.54) is 12.1 Å². The highest BCUT2D eigenvalue weighted by atomic mass is 16.5. The number of carbonyl (C=O) groups excluding carboxylic acids is 2. The van der Waals surface area contributed by atoms with E-state index in [4.69, 9.17) is 14.3 Å². The van der Waals surface area contributed by atoms with Crippen molar-refractivity contribution in [1.29, 1.82) is 0 Å². The molecule has 1 aliphatic heterocycles. The molecule has 1 aliphatic rings. The van der Waals surface area contributed by atoms with E-state index in [2.05, 4.69) is 0 Å². The molecule has 0 saturated carbocycles. The SMILES string of the molecule is O=C(O)c1ccc(COc2ccccc2N2C(=O)c3ccccc3C2=O)o1. The molecule has 2 heterocycles. The number of ether oxygens (including phenoxy) is 1. The van der Waals surface area contributed by atoms with Gasteiger partial charge in [0.1, 0.15) is 18.1 Å². The molecule has 2 aromatic carbocycles. The standard InChI is InChI=1S/C20H13NO6/c22-18-13-5-1-2-6-14(13)19(23)21(18)15-7-3-4-8-16(15)26-11-12-9-10-17(27-12)20(24)25/h1-10H,11H2,(H,24,25). The number of carboxylic acid groups (broad SMARTS) is 1. The van der Waals surface area contributed by atoms with Gasteiger partial charge in [0.2, 0.25) is 5.76 Å². The molecule has 0 bridgehead atoms. The van der Waals surface area contributed by atoms with Gasteiger partial charge in [-0.2, -0.15) is 0 Å². The molecule has 0 atom stereocenters. The molecule has 7 heteroatoms. The zero-order chi connectivity index (χ0) is 19.0. The quantitative estimate of drug-likeness (QED) is 0.698. The Labute approximate surface area is 153 Å². The van der Waals surface area contributed by atoms with Crippen LogP contribution in [0.25, 0.3) is 0 Å². The predicted molar refractivity (Wildman–Crippen MR) is 94.0 cm³/mol. The van der Waals surface area contributed by atoms with Gasteiger partial charge in [-0.25, -0.2) is 9.69 Å². The minimum Gasteiger partial charge on any atom is -0.483 e. The fourth-order valence-electron chi connectivity index (χ4n) is 2.89. The number of hydrogen-bond donors (Lipinski definition) is 1. The summed E-state index contributed by atoms with van der Waals surface area (Å²) in [6.45, 7) is -0.0482. The van der Waals surface area contributed by atoms with Gasteiger partial charge in [0, 0.05) is 0 Å². The van der Waals surface area contributed by atoms with E-state index in [9.17, 15) is 14.4 Å². The number of anilines is 1. The van der Waals surface area contributed by atoms with E-state index < -0.39 is 17.8 Å². The summed E-state index contributed by atoms with van der Waals surface area (Å²) >= 11 is 0. The average Bonchev–Trinajstić information content (AvgIpc) is 3.25. The van der Waals surface area contributed by atoms with Crippen molar-refractivity contribution in [3.8, 4) is 5.75 Å². The van der Waals surface area contributed by atoms with Crippen LogP contribution in [0.3, 0.4) is 0 Å². The second-order valence-electron chi connectivity index (χ2n) is 5.82. The van der Waals surface area contributed by atoms with Crippen LogP contribution in [0.5, 0.6) is 5.75 Å². The van der Waals surface area contributed by atoms with Crippen molar-refractivity contribution in [1.82, 2.24) is 0 Å². The van der Waals surface area contributed by atoms with Crippen LogP contribution in [0.4, 0.5) is 5.69 Å². The van der Waals surface area contributed by atoms with Gasteiger partial charge in [0.05, 0.1) is 16.8 Å². The molecule has 0 saturated heterocycles. The smallest absolute Gasteiger partial charge is 0.371 e. The van der Waals surface area contributed by atoms with Gasteiger partial charge in [-0.1, -0.05) is 24.3 Å². The molecule has 7 nitrogen and oxygen atoms in total. The minimum absolute atomic E-state index is 0.0482. The molecule has 1 aromatic heterocycles. The van der Waals surface area contributed by atoms with Gasteiger partial charge in [-0.05, 0) is 36.4 Å². The number of imide groups is 1. The summed E-state index contributed by atoms with van der Waals surface area (Å²) in [4.78, 5) is 37.3. The number of fused-ring (bicyclic) bond motifs is 1. The van der Waals surface area contributed by atoms with Gasteiger partial charge < -0.3 is 14.3 Å². The number of hydrogen-bond acceptors (Lipinski definition) is 5. The van der Waals surface area contributed by atoms with Crippen LogP contribution in [0.15, 0.2) is 65.1 Å². The van der Waals surface area contributed by atoms with E-state index in [0.717, 1.165) is 4.90 Å². The Morgan fingerprint density at radius 2 is 1.56 bits per heavy atom. The Morgan fingerprint density at radius 1 is 0.926 bits per heavy atom. The van der Waals surface area contributed by atoms with Gasteiger partial charge in [-0.15, -0.1) is 0 Å². The third kappa shape index (κ3) is 2.85. The van der Waals surface area contributed by atoms with E-state index in [0.29, 0.717) is 28.3 Å². The number of para-hydroxylation sites is 2. The van der Waals surface area contributed by atoms with E-state index in [1.54, 1.807) is 48.5 Å². The first kappa shape index (κ1) is 16.6. The van der Waals surface area contributed by atoms with E-state index in [1.807, 2.05) is 0 Å². The van der Waals surface area contributed by atoms with Crippen molar-refractivity contribution < 1.29 is 28.6 Å². The molecule has 4 rings (SSSR count). The maximum atomic E-state index is 12.7. The van der Waals surface area contributed by atoms with Crippen molar-refractivity contribution in [3.05, 3.63) is 83.3 Å². The van der Waals surface area contributed by atoms with Crippen molar-refractivity contribution in [2.24, 2.45) is 0 Å². The van der Waals surface area contributed by atoms with Crippen LogP contribution >= 0.6 is 0 Å². The monoisotopic (exact) mass is 363 g/mol. The molecule has 0 radical (unpaired) electrons. The number of rotatable bonds is 5. The van der Waals surface area contributed by atoms with Crippen molar-refractivity contribution in [3.63, 3.8) is 0 Å². The molecule has 3 aromatic rings.